The van der Waals surface area contributed by atoms with Crippen molar-refractivity contribution in [3.05, 3.63) is 52.5 Å². The topological polar surface area (TPSA) is 75.7 Å². The maximum absolute atomic E-state index is 12.5. The monoisotopic (exact) mass is 430 g/mol. The van der Waals surface area contributed by atoms with Crippen molar-refractivity contribution >= 4 is 44.9 Å². The maximum atomic E-state index is 12.5. The molecule has 0 aliphatic carbocycles. The number of hydrogen-bond acceptors (Lipinski definition) is 4. The minimum Gasteiger partial charge on any atom is -0.479 e. The van der Waals surface area contributed by atoms with Gasteiger partial charge in [0.05, 0.1) is 5.69 Å². The van der Waals surface area contributed by atoms with E-state index in [1.165, 1.54) is 4.90 Å². The number of nitrogens with zero attached hydrogens (tertiary/aromatic N) is 1. The molecule has 0 radical (unpaired) electrons. The molecule has 0 spiro atoms. The molecule has 0 bridgehead atoms. The molecule has 1 aliphatic heterocycles. The van der Waals surface area contributed by atoms with Crippen LogP contribution in [0, 0.1) is 0 Å². The average molecular weight is 431 g/mol. The summed E-state index contributed by atoms with van der Waals surface area (Å²) in [6, 6.07) is 12.2. The van der Waals surface area contributed by atoms with Crippen molar-refractivity contribution < 1.29 is 19.1 Å². The fraction of sp³-hybridized carbons (Fsp3) is 0.250. The number of ketones is 1. The highest BCUT2D eigenvalue weighted by Crippen LogP contribution is 2.34. The van der Waals surface area contributed by atoms with Gasteiger partial charge in [-0.1, -0.05) is 22.0 Å². The lowest BCUT2D eigenvalue weighted by atomic mass is 10.0. The van der Waals surface area contributed by atoms with Gasteiger partial charge in [0, 0.05) is 35.6 Å². The molecule has 1 heterocycles. The summed E-state index contributed by atoms with van der Waals surface area (Å²) in [4.78, 5) is 38.1. The highest BCUT2D eigenvalue weighted by atomic mass is 79.9. The predicted molar refractivity (Wildman–Crippen MR) is 106 cm³/mol. The molecule has 0 fully saturated rings. The van der Waals surface area contributed by atoms with Crippen molar-refractivity contribution in [1.82, 2.24) is 0 Å². The van der Waals surface area contributed by atoms with Crippen LogP contribution in [0.15, 0.2) is 46.9 Å². The second-order valence-corrected chi connectivity index (χ2v) is 7.24. The first kappa shape index (κ1) is 19.1. The third-order valence-corrected chi connectivity index (χ3v) is 4.81. The van der Waals surface area contributed by atoms with Crippen molar-refractivity contribution in [3.8, 4) is 5.75 Å². The lowest BCUT2D eigenvalue weighted by molar-refractivity contribution is -0.125. The second-order valence-electron chi connectivity index (χ2n) is 6.32. The van der Waals surface area contributed by atoms with Gasteiger partial charge in [0.2, 0.25) is 5.91 Å². The Morgan fingerprint density at radius 1 is 1.19 bits per heavy atom. The van der Waals surface area contributed by atoms with Crippen LogP contribution in [0.2, 0.25) is 0 Å². The number of fused-ring (bicyclic) bond motifs is 1. The van der Waals surface area contributed by atoms with E-state index in [0.717, 1.165) is 4.47 Å². The van der Waals surface area contributed by atoms with Gasteiger partial charge in [0.1, 0.15) is 5.75 Å². The zero-order valence-electron chi connectivity index (χ0n) is 15.0. The Morgan fingerprint density at radius 2 is 1.96 bits per heavy atom. The molecule has 7 heteroatoms. The minimum absolute atomic E-state index is 0.0741. The Kier molecular flexibility index (Phi) is 5.60. The Balaban J connectivity index is 1.63. The highest BCUT2D eigenvalue weighted by molar-refractivity contribution is 9.10. The molecular weight excluding hydrogens is 412 g/mol. The number of rotatable bonds is 5. The fourth-order valence-corrected chi connectivity index (χ4v) is 3.25. The molecule has 1 aliphatic rings. The van der Waals surface area contributed by atoms with Crippen molar-refractivity contribution in [2.24, 2.45) is 0 Å². The summed E-state index contributed by atoms with van der Waals surface area (Å²) >= 11 is 3.34. The van der Waals surface area contributed by atoms with Crippen LogP contribution in [-0.2, 0) is 9.59 Å². The third kappa shape index (κ3) is 4.36. The van der Waals surface area contributed by atoms with Gasteiger partial charge in [-0.3, -0.25) is 14.4 Å². The third-order valence-electron chi connectivity index (χ3n) is 4.31. The standard InChI is InChI=1S/C20H19BrN2O4/c1-12-20(26)23(2)16-10-13(6-8-18(16)27-12)17(24)7-9-19(25)22-15-5-3-4-14(21)11-15/h3-6,8,10-12H,7,9H2,1-2H3,(H,22,25). The number of carbonyl (C=O) groups excluding carboxylic acids is 3. The number of amides is 2. The molecule has 2 aromatic rings. The molecular formula is C20H19BrN2O4. The lowest BCUT2D eigenvalue weighted by Gasteiger charge is -2.30. The summed E-state index contributed by atoms with van der Waals surface area (Å²) in [5.41, 5.74) is 1.67. The van der Waals surface area contributed by atoms with Gasteiger partial charge >= 0.3 is 0 Å². The molecule has 1 unspecified atom stereocenters. The fourth-order valence-electron chi connectivity index (χ4n) is 2.85. The number of ether oxygens (including phenoxy) is 1. The van der Waals surface area contributed by atoms with Gasteiger partial charge in [0.15, 0.2) is 11.9 Å². The zero-order chi connectivity index (χ0) is 19.6. The Hall–Kier alpha value is -2.67. The smallest absolute Gasteiger partial charge is 0.267 e. The number of halogens is 1. The van der Waals surface area contributed by atoms with Gasteiger partial charge in [0.25, 0.3) is 5.91 Å². The van der Waals surface area contributed by atoms with Gasteiger partial charge in [-0.2, -0.15) is 0 Å². The largest absolute Gasteiger partial charge is 0.479 e. The van der Waals surface area contributed by atoms with Crippen molar-refractivity contribution in [2.45, 2.75) is 25.9 Å². The molecule has 1 N–H and O–H groups in total. The highest BCUT2D eigenvalue weighted by Gasteiger charge is 2.29. The Bertz CT molecular complexity index is 913. The molecule has 2 amide bonds. The number of anilines is 2. The molecule has 27 heavy (non-hydrogen) atoms. The van der Waals surface area contributed by atoms with E-state index in [4.69, 9.17) is 4.74 Å². The summed E-state index contributed by atoms with van der Waals surface area (Å²) < 4.78 is 6.41. The summed E-state index contributed by atoms with van der Waals surface area (Å²) in [6.45, 7) is 1.69. The van der Waals surface area contributed by atoms with Crippen LogP contribution in [-0.4, -0.2) is 30.7 Å². The summed E-state index contributed by atoms with van der Waals surface area (Å²) in [6.07, 6.45) is -0.399. The first-order chi connectivity index (χ1) is 12.8. The number of carbonyl (C=O) groups is 3. The van der Waals surface area contributed by atoms with Gasteiger partial charge in [-0.15, -0.1) is 0 Å². The quantitative estimate of drug-likeness (QED) is 0.731. The molecule has 0 aromatic heterocycles. The lowest BCUT2D eigenvalue weighted by Crippen LogP contribution is -2.42. The minimum atomic E-state index is -0.550. The van der Waals surface area contributed by atoms with Crippen LogP contribution in [0.25, 0.3) is 0 Å². The average Bonchev–Trinajstić information content (AvgIpc) is 2.64. The van der Waals surface area contributed by atoms with Crippen molar-refractivity contribution in [1.29, 1.82) is 0 Å². The molecule has 0 saturated carbocycles. The van der Waals surface area contributed by atoms with Crippen LogP contribution in [0.1, 0.15) is 30.1 Å². The van der Waals surface area contributed by atoms with E-state index in [2.05, 4.69) is 21.2 Å². The molecule has 3 rings (SSSR count). The molecule has 1 atom stereocenters. The first-order valence-electron chi connectivity index (χ1n) is 8.52. The second kappa shape index (κ2) is 7.92. The number of hydrogen-bond donors (Lipinski definition) is 1. The van der Waals surface area contributed by atoms with E-state index in [9.17, 15) is 14.4 Å². The Labute approximate surface area is 165 Å². The van der Waals surface area contributed by atoms with Crippen LogP contribution in [0.5, 0.6) is 5.75 Å². The normalized spacial score (nSPS) is 15.7. The SMILES string of the molecule is CC1Oc2ccc(C(=O)CCC(=O)Nc3cccc(Br)c3)cc2N(C)C1=O. The summed E-state index contributed by atoms with van der Waals surface area (Å²) in [5, 5.41) is 2.76. The van der Waals surface area contributed by atoms with Gasteiger partial charge in [-0.25, -0.2) is 0 Å². The van der Waals surface area contributed by atoms with Crippen LogP contribution >= 0.6 is 15.9 Å². The van der Waals surface area contributed by atoms with Crippen LogP contribution in [0.3, 0.4) is 0 Å². The number of benzene rings is 2. The molecule has 140 valence electrons. The molecule has 0 saturated heterocycles. The predicted octanol–water partition coefficient (Wildman–Crippen LogP) is 3.79. The van der Waals surface area contributed by atoms with E-state index < -0.39 is 6.10 Å². The van der Waals surface area contributed by atoms with E-state index >= 15 is 0 Å². The number of nitrogens with one attached hydrogen (secondary N) is 1. The summed E-state index contributed by atoms with van der Waals surface area (Å²) in [7, 11) is 1.65. The van der Waals surface area contributed by atoms with Gasteiger partial charge < -0.3 is 15.0 Å². The number of likely N-dealkylation sites (N-methyl/N-ethyl adjacent to an activating group) is 1. The van der Waals surface area contributed by atoms with E-state index in [1.54, 1.807) is 44.3 Å². The van der Waals surface area contributed by atoms with Crippen molar-refractivity contribution in [2.75, 3.05) is 17.3 Å². The maximum Gasteiger partial charge on any atom is 0.267 e. The van der Waals surface area contributed by atoms with Crippen molar-refractivity contribution in [3.63, 3.8) is 0 Å². The van der Waals surface area contributed by atoms with Crippen LogP contribution in [0.4, 0.5) is 11.4 Å². The molecule has 6 nitrogen and oxygen atoms in total. The Morgan fingerprint density at radius 3 is 2.70 bits per heavy atom. The zero-order valence-corrected chi connectivity index (χ0v) is 16.6. The van der Waals surface area contributed by atoms with Crippen LogP contribution < -0.4 is 15.0 Å². The van der Waals surface area contributed by atoms with E-state index in [-0.39, 0.29) is 30.4 Å². The molecule has 2 aromatic carbocycles. The summed E-state index contributed by atoms with van der Waals surface area (Å²) in [5.74, 6) is -0.000395. The first-order valence-corrected chi connectivity index (χ1v) is 9.31. The van der Waals surface area contributed by atoms with E-state index in [1.807, 2.05) is 12.1 Å². The van der Waals surface area contributed by atoms with E-state index in [0.29, 0.717) is 22.7 Å². The van der Waals surface area contributed by atoms with Gasteiger partial charge in [-0.05, 0) is 43.3 Å². The number of Topliss-reactive ketones (excluding diaryl/α,β-unsaturated/α-hetero) is 1.